The molecule has 156 valence electrons. The molecule has 7 heteroatoms. The van der Waals surface area contributed by atoms with Gasteiger partial charge in [-0.25, -0.2) is 0 Å². The number of benzene rings is 1. The number of nitrogens with zero attached hydrogens (tertiary/aromatic N) is 3. The minimum Gasteiger partial charge on any atom is -0.379 e. The van der Waals surface area contributed by atoms with Gasteiger partial charge in [0.2, 0.25) is 0 Å². The maximum absolute atomic E-state index is 11.9. The lowest BCUT2D eigenvalue weighted by Crippen LogP contribution is -2.37. The molecule has 2 aliphatic heterocycles. The molecule has 0 spiro atoms. The number of carbonyl (C=O) groups excluding carboxylic acids is 1. The third-order valence-electron chi connectivity index (χ3n) is 5.99. The minimum absolute atomic E-state index is 0.0337. The molecule has 0 unspecified atom stereocenters. The van der Waals surface area contributed by atoms with Crippen LogP contribution < -0.4 is 5.32 Å². The van der Waals surface area contributed by atoms with Crippen LogP contribution >= 0.6 is 0 Å². The van der Waals surface area contributed by atoms with Gasteiger partial charge in [0.1, 0.15) is 0 Å². The van der Waals surface area contributed by atoms with Gasteiger partial charge in [-0.1, -0.05) is 12.1 Å². The van der Waals surface area contributed by atoms with Crippen LogP contribution in [0.15, 0.2) is 30.5 Å². The SMILES string of the molecule is CNC(=O)c1cccc(CN2CCC[C@@H](c3[nH]ncc3CN3CCOCC3)C2)c1. The number of rotatable bonds is 6. The molecule has 0 bridgehead atoms. The zero-order valence-electron chi connectivity index (χ0n) is 17.2. The second kappa shape index (κ2) is 9.52. The molecule has 2 aliphatic rings. The van der Waals surface area contributed by atoms with E-state index in [1.807, 2.05) is 24.4 Å². The highest BCUT2D eigenvalue weighted by Gasteiger charge is 2.25. The molecule has 0 radical (unpaired) electrons. The maximum Gasteiger partial charge on any atom is 0.251 e. The number of hydrogen-bond donors (Lipinski definition) is 2. The van der Waals surface area contributed by atoms with Crippen molar-refractivity contribution in [3.63, 3.8) is 0 Å². The van der Waals surface area contributed by atoms with Crippen molar-refractivity contribution in [3.05, 3.63) is 52.8 Å². The third-order valence-corrected chi connectivity index (χ3v) is 5.99. The summed E-state index contributed by atoms with van der Waals surface area (Å²) in [6.45, 7) is 7.54. The summed E-state index contributed by atoms with van der Waals surface area (Å²) in [6.07, 6.45) is 4.36. The Morgan fingerprint density at radius 2 is 2.10 bits per heavy atom. The number of amides is 1. The molecule has 29 heavy (non-hydrogen) atoms. The van der Waals surface area contributed by atoms with Crippen molar-refractivity contribution < 1.29 is 9.53 Å². The number of piperidine rings is 1. The first kappa shape index (κ1) is 20.1. The number of aromatic amines is 1. The summed E-state index contributed by atoms with van der Waals surface area (Å²) in [5.41, 5.74) is 4.52. The lowest BCUT2D eigenvalue weighted by molar-refractivity contribution is 0.0339. The van der Waals surface area contributed by atoms with Crippen LogP contribution in [-0.2, 0) is 17.8 Å². The Hall–Kier alpha value is -2.22. The summed E-state index contributed by atoms with van der Waals surface area (Å²) in [5, 5.41) is 10.4. The molecule has 4 rings (SSSR count). The van der Waals surface area contributed by atoms with E-state index < -0.39 is 0 Å². The van der Waals surface area contributed by atoms with Crippen molar-refractivity contribution in [2.24, 2.45) is 0 Å². The molecule has 2 fully saturated rings. The Bertz CT molecular complexity index is 815. The van der Waals surface area contributed by atoms with Crippen LogP contribution in [0.5, 0.6) is 0 Å². The molecular weight excluding hydrogens is 366 g/mol. The Morgan fingerprint density at radius 1 is 1.24 bits per heavy atom. The highest BCUT2D eigenvalue weighted by atomic mass is 16.5. The first-order chi connectivity index (χ1) is 14.2. The van der Waals surface area contributed by atoms with E-state index in [9.17, 15) is 4.79 Å². The fourth-order valence-electron chi connectivity index (χ4n) is 4.45. The number of aromatic nitrogens is 2. The molecule has 1 aromatic carbocycles. The summed E-state index contributed by atoms with van der Waals surface area (Å²) < 4.78 is 5.47. The lowest BCUT2D eigenvalue weighted by Gasteiger charge is -2.33. The van der Waals surface area contributed by atoms with Gasteiger partial charge in [0.05, 0.1) is 19.4 Å². The average molecular weight is 398 g/mol. The fourth-order valence-corrected chi connectivity index (χ4v) is 4.45. The molecule has 7 nitrogen and oxygen atoms in total. The Labute approximate surface area is 172 Å². The summed E-state index contributed by atoms with van der Waals surface area (Å²) >= 11 is 0. The number of hydrogen-bond acceptors (Lipinski definition) is 5. The molecule has 2 saturated heterocycles. The lowest BCUT2D eigenvalue weighted by atomic mass is 9.92. The summed E-state index contributed by atoms with van der Waals surface area (Å²) in [4.78, 5) is 16.9. The van der Waals surface area contributed by atoms with Gasteiger partial charge in [-0.05, 0) is 37.1 Å². The van der Waals surface area contributed by atoms with Crippen LogP contribution in [0.4, 0.5) is 0 Å². The predicted molar refractivity (Wildman–Crippen MR) is 112 cm³/mol. The first-order valence-electron chi connectivity index (χ1n) is 10.6. The first-order valence-corrected chi connectivity index (χ1v) is 10.6. The van der Waals surface area contributed by atoms with Crippen LogP contribution in [0.3, 0.4) is 0 Å². The van der Waals surface area contributed by atoms with Gasteiger partial charge in [0.15, 0.2) is 0 Å². The van der Waals surface area contributed by atoms with E-state index in [1.54, 1.807) is 7.05 Å². The number of carbonyl (C=O) groups is 1. The van der Waals surface area contributed by atoms with Crippen molar-refractivity contribution in [1.82, 2.24) is 25.3 Å². The molecule has 0 aliphatic carbocycles. The van der Waals surface area contributed by atoms with Crippen LogP contribution in [0, 0.1) is 0 Å². The van der Waals surface area contributed by atoms with Gasteiger partial charge in [0.25, 0.3) is 5.91 Å². The topological polar surface area (TPSA) is 73.5 Å². The summed E-state index contributed by atoms with van der Waals surface area (Å²) in [6, 6.07) is 7.94. The van der Waals surface area contributed by atoms with Gasteiger partial charge in [-0.2, -0.15) is 5.10 Å². The highest BCUT2D eigenvalue weighted by molar-refractivity contribution is 5.94. The second-order valence-electron chi connectivity index (χ2n) is 8.05. The third kappa shape index (κ3) is 5.04. The molecule has 3 heterocycles. The molecule has 1 atom stereocenters. The largest absolute Gasteiger partial charge is 0.379 e. The quantitative estimate of drug-likeness (QED) is 0.780. The number of likely N-dealkylation sites (tertiary alicyclic amines) is 1. The van der Waals surface area contributed by atoms with Crippen molar-refractivity contribution in [3.8, 4) is 0 Å². The van der Waals surface area contributed by atoms with Crippen LogP contribution in [0.25, 0.3) is 0 Å². The molecular formula is C22H31N5O2. The minimum atomic E-state index is -0.0337. The number of morpholine rings is 1. The van der Waals surface area contributed by atoms with Crippen LogP contribution in [0.1, 0.15) is 45.9 Å². The standard InChI is InChI=1S/C22H31N5O2/c1-23-22(28)18-5-2-4-17(12-18)14-27-7-3-6-19(15-27)21-20(13-24-25-21)16-26-8-10-29-11-9-26/h2,4-5,12-13,19H,3,6-11,14-16H2,1H3,(H,23,28)(H,24,25)/t19-/m1/s1. The second-order valence-corrected chi connectivity index (χ2v) is 8.05. The van der Waals surface area contributed by atoms with Gasteiger partial charge in [-0.3, -0.25) is 19.7 Å². The fraction of sp³-hybridized carbons (Fsp3) is 0.545. The van der Waals surface area contributed by atoms with E-state index in [0.717, 1.165) is 58.0 Å². The molecule has 2 aromatic rings. The van der Waals surface area contributed by atoms with Gasteiger partial charge in [0, 0.05) is 62.5 Å². The molecule has 1 aromatic heterocycles. The number of ether oxygens (including phenoxy) is 1. The zero-order chi connectivity index (χ0) is 20.1. The van der Waals surface area contributed by atoms with Gasteiger partial charge in [-0.15, -0.1) is 0 Å². The maximum atomic E-state index is 11.9. The van der Waals surface area contributed by atoms with Crippen molar-refractivity contribution in [1.29, 1.82) is 0 Å². The van der Waals surface area contributed by atoms with Gasteiger partial charge < -0.3 is 10.1 Å². The van der Waals surface area contributed by atoms with E-state index in [4.69, 9.17) is 4.74 Å². The zero-order valence-corrected chi connectivity index (χ0v) is 17.2. The van der Waals surface area contributed by atoms with E-state index in [2.05, 4.69) is 31.4 Å². The number of nitrogens with one attached hydrogen (secondary N) is 2. The Morgan fingerprint density at radius 3 is 2.93 bits per heavy atom. The van der Waals surface area contributed by atoms with E-state index in [0.29, 0.717) is 5.92 Å². The van der Waals surface area contributed by atoms with E-state index in [1.165, 1.54) is 29.7 Å². The molecule has 2 N–H and O–H groups in total. The Kier molecular flexibility index (Phi) is 6.59. The highest BCUT2D eigenvalue weighted by Crippen LogP contribution is 2.29. The average Bonchev–Trinajstić information content (AvgIpc) is 3.22. The van der Waals surface area contributed by atoms with Crippen molar-refractivity contribution in [2.45, 2.75) is 31.8 Å². The van der Waals surface area contributed by atoms with Crippen LogP contribution in [-0.4, -0.2) is 72.3 Å². The van der Waals surface area contributed by atoms with Crippen LogP contribution in [0.2, 0.25) is 0 Å². The van der Waals surface area contributed by atoms with E-state index >= 15 is 0 Å². The summed E-state index contributed by atoms with van der Waals surface area (Å²) in [7, 11) is 1.67. The normalized spacial score (nSPS) is 21.2. The predicted octanol–water partition coefficient (Wildman–Crippen LogP) is 1.98. The Balaban J connectivity index is 1.40. The van der Waals surface area contributed by atoms with Gasteiger partial charge >= 0.3 is 0 Å². The monoisotopic (exact) mass is 397 g/mol. The van der Waals surface area contributed by atoms with Crippen molar-refractivity contribution >= 4 is 5.91 Å². The molecule has 1 amide bonds. The van der Waals surface area contributed by atoms with Crippen molar-refractivity contribution in [2.75, 3.05) is 46.4 Å². The number of H-pyrrole nitrogens is 1. The smallest absolute Gasteiger partial charge is 0.251 e. The molecule has 0 saturated carbocycles. The summed E-state index contributed by atoms with van der Waals surface area (Å²) in [5.74, 6) is 0.443. The van der Waals surface area contributed by atoms with E-state index in [-0.39, 0.29) is 5.91 Å².